The Morgan fingerprint density at radius 3 is 2.49 bits per heavy atom. The summed E-state index contributed by atoms with van der Waals surface area (Å²) in [6.45, 7) is 5.43. The van der Waals surface area contributed by atoms with Gasteiger partial charge in [-0.25, -0.2) is 4.98 Å². The van der Waals surface area contributed by atoms with Crippen LogP contribution in [0.3, 0.4) is 0 Å². The molecule has 37 heavy (non-hydrogen) atoms. The van der Waals surface area contributed by atoms with Crippen molar-refractivity contribution in [1.29, 1.82) is 0 Å². The molecule has 188 valence electrons. The van der Waals surface area contributed by atoms with Gasteiger partial charge in [-0.2, -0.15) is 5.10 Å². The Kier molecular flexibility index (Phi) is 5.81. The fourth-order valence-electron chi connectivity index (χ4n) is 5.89. The first-order chi connectivity index (χ1) is 18.3. The van der Waals surface area contributed by atoms with Gasteiger partial charge in [-0.3, -0.25) is 20.0 Å². The van der Waals surface area contributed by atoms with Crippen molar-refractivity contribution in [2.75, 3.05) is 31.1 Å². The smallest absolute Gasteiger partial charge is 0.137 e. The monoisotopic (exact) mass is 492 g/mol. The molecule has 8 nitrogen and oxygen atoms in total. The minimum Gasteiger partial charge on any atom is -0.356 e. The molecule has 0 saturated carbocycles. The molecule has 0 aliphatic carbocycles. The zero-order chi connectivity index (χ0) is 24.6. The van der Waals surface area contributed by atoms with E-state index in [1.165, 1.54) is 57.2 Å². The number of aromatic amines is 2. The highest BCUT2D eigenvalue weighted by Crippen LogP contribution is 2.34. The second kappa shape index (κ2) is 9.59. The van der Waals surface area contributed by atoms with Gasteiger partial charge in [-0.1, -0.05) is 6.42 Å². The normalized spacial score (nSPS) is 17.1. The topological polar surface area (TPSA) is 89.6 Å². The van der Waals surface area contributed by atoms with Gasteiger partial charge in [-0.05, 0) is 75.0 Å². The fraction of sp³-hybridized carbons (Fsp3) is 0.379. The van der Waals surface area contributed by atoms with E-state index in [1.54, 1.807) is 0 Å². The minimum absolute atomic E-state index is 0.900. The van der Waals surface area contributed by atoms with Crippen LogP contribution in [0.5, 0.6) is 0 Å². The Bertz CT molecular complexity index is 1540. The maximum atomic E-state index is 4.75. The zero-order valence-electron chi connectivity index (χ0n) is 21.1. The molecule has 2 aliphatic rings. The number of likely N-dealkylation sites (tertiary alicyclic amines) is 1. The van der Waals surface area contributed by atoms with Crippen molar-refractivity contribution >= 4 is 27.6 Å². The van der Waals surface area contributed by atoms with E-state index in [2.05, 4.69) is 48.2 Å². The summed E-state index contributed by atoms with van der Waals surface area (Å²) in [6, 6.07) is 8.61. The molecule has 0 amide bonds. The number of hydrogen-bond acceptors (Lipinski definition) is 6. The van der Waals surface area contributed by atoms with Gasteiger partial charge in [0.2, 0.25) is 0 Å². The van der Waals surface area contributed by atoms with Crippen LogP contribution in [0.25, 0.3) is 44.5 Å². The lowest BCUT2D eigenvalue weighted by molar-refractivity contribution is 0.220. The second-order valence-corrected chi connectivity index (χ2v) is 10.4. The highest BCUT2D eigenvalue weighted by molar-refractivity contribution is 5.99. The summed E-state index contributed by atoms with van der Waals surface area (Å²) in [5, 5.41) is 10.1. The van der Waals surface area contributed by atoms with E-state index in [4.69, 9.17) is 9.97 Å². The molecular weight excluding hydrogens is 460 g/mol. The van der Waals surface area contributed by atoms with Gasteiger partial charge < -0.3 is 9.88 Å². The number of nitrogens with one attached hydrogen (secondary N) is 2. The first kappa shape index (κ1) is 22.4. The molecule has 0 spiro atoms. The molecule has 2 saturated heterocycles. The quantitative estimate of drug-likeness (QED) is 0.335. The van der Waals surface area contributed by atoms with Crippen molar-refractivity contribution in [2.24, 2.45) is 0 Å². The van der Waals surface area contributed by atoms with Gasteiger partial charge in [0.05, 0.1) is 28.6 Å². The number of nitrogens with zero attached hydrogens (tertiary/aromatic N) is 6. The average Bonchev–Trinajstić information content (AvgIpc) is 3.58. The summed E-state index contributed by atoms with van der Waals surface area (Å²) in [4.78, 5) is 22.6. The van der Waals surface area contributed by atoms with Crippen molar-refractivity contribution in [1.82, 2.24) is 35.0 Å². The summed E-state index contributed by atoms with van der Waals surface area (Å²) < 4.78 is 0. The molecule has 0 bridgehead atoms. The predicted octanol–water partition coefficient (Wildman–Crippen LogP) is 5.54. The number of pyridine rings is 3. The Morgan fingerprint density at radius 1 is 0.784 bits per heavy atom. The SMILES string of the molecule is c1cc2[nH]c(-c3n[nH]c4cnc(-c5cncc(CN6CCCCC6)c5)cc34)cc2c(N2CCCCC2)n1. The number of aromatic nitrogens is 6. The average molecular weight is 493 g/mol. The number of H-pyrrole nitrogens is 2. The summed E-state index contributed by atoms with van der Waals surface area (Å²) >= 11 is 0. The molecule has 0 unspecified atom stereocenters. The van der Waals surface area contributed by atoms with Crippen LogP contribution in [-0.4, -0.2) is 61.2 Å². The third-order valence-electron chi connectivity index (χ3n) is 7.83. The number of piperidine rings is 2. The van der Waals surface area contributed by atoms with Gasteiger partial charge >= 0.3 is 0 Å². The van der Waals surface area contributed by atoms with Crippen molar-refractivity contribution in [3.63, 3.8) is 0 Å². The van der Waals surface area contributed by atoms with E-state index in [9.17, 15) is 0 Å². The third kappa shape index (κ3) is 4.35. The third-order valence-corrected chi connectivity index (χ3v) is 7.83. The Hall–Kier alpha value is -3.78. The Balaban J connectivity index is 1.23. The minimum atomic E-state index is 0.900. The van der Waals surface area contributed by atoms with Crippen LogP contribution in [0.2, 0.25) is 0 Å². The molecule has 2 fully saturated rings. The predicted molar refractivity (Wildman–Crippen MR) is 147 cm³/mol. The van der Waals surface area contributed by atoms with E-state index in [0.717, 1.165) is 69.9 Å². The van der Waals surface area contributed by atoms with E-state index >= 15 is 0 Å². The van der Waals surface area contributed by atoms with E-state index in [1.807, 2.05) is 30.9 Å². The molecule has 7 heterocycles. The van der Waals surface area contributed by atoms with Gasteiger partial charge in [-0.15, -0.1) is 0 Å². The highest BCUT2D eigenvalue weighted by atomic mass is 15.2. The van der Waals surface area contributed by atoms with Crippen molar-refractivity contribution in [2.45, 2.75) is 45.1 Å². The van der Waals surface area contributed by atoms with Crippen LogP contribution in [0.15, 0.2) is 49.1 Å². The van der Waals surface area contributed by atoms with Crippen LogP contribution in [-0.2, 0) is 6.54 Å². The van der Waals surface area contributed by atoms with Crippen LogP contribution >= 0.6 is 0 Å². The van der Waals surface area contributed by atoms with E-state index in [-0.39, 0.29) is 0 Å². The summed E-state index contributed by atoms with van der Waals surface area (Å²) in [5.74, 6) is 1.07. The molecule has 8 heteroatoms. The van der Waals surface area contributed by atoms with Crippen LogP contribution in [0.1, 0.15) is 44.1 Å². The summed E-state index contributed by atoms with van der Waals surface area (Å²) in [6.07, 6.45) is 15.4. The number of hydrogen-bond donors (Lipinski definition) is 2. The number of rotatable bonds is 5. The van der Waals surface area contributed by atoms with E-state index in [0.29, 0.717) is 0 Å². The lowest BCUT2D eigenvalue weighted by Gasteiger charge is -2.28. The first-order valence-corrected chi connectivity index (χ1v) is 13.6. The lowest BCUT2D eigenvalue weighted by atomic mass is 10.1. The number of fused-ring (bicyclic) bond motifs is 2. The largest absolute Gasteiger partial charge is 0.356 e. The standard InChI is InChI=1S/C29H32N8/c1-3-9-36(10-4-1)19-20-13-21(17-30-16-20)25-14-22-27(18-32-25)34-35-28(22)26-15-23-24(33-26)7-8-31-29(23)37-11-5-2-6-12-37/h7-8,13-18,33H,1-6,9-12,19H2,(H,34,35). The molecule has 2 N–H and O–H groups in total. The molecule has 7 rings (SSSR count). The second-order valence-electron chi connectivity index (χ2n) is 10.4. The van der Waals surface area contributed by atoms with Crippen LogP contribution < -0.4 is 4.90 Å². The van der Waals surface area contributed by atoms with Crippen molar-refractivity contribution in [3.05, 3.63) is 54.6 Å². The zero-order valence-corrected chi connectivity index (χ0v) is 21.1. The van der Waals surface area contributed by atoms with Crippen LogP contribution in [0, 0.1) is 0 Å². The van der Waals surface area contributed by atoms with Gasteiger partial charge in [0, 0.05) is 54.6 Å². The summed E-state index contributed by atoms with van der Waals surface area (Å²) in [7, 11) is 0. The van der Waals surface area contributed by atoms with Gasteiger partial charge in [0.15, 0.2) is 0 Å². The maximum Gasteiger partial charge on any atom is 0.137 e. The Labute approximate surface area is 216 Å². The van der Waals surface area contributed by atoms with Crippen molar-refractivity contribution in [3.8, 4) is 22.6 Å². The van der Waals surface area contributed by atoms with Crippen LogP contribution in [0.4, 0.5) is 5.82 Å². The lowest BCUT2D eigenvalue weighted by Crippen LogP contribution is -2.30. The molecule has 0 radical (unpaired) electrons. The summed E-state index contributed by atoms with van der Waals surface area (Å²) in [5.41, 5.74) is 7.09. The molecule has 5 aromatic heterocycles. The molecule has 5 aromatic rings. The molecule has 0 atom stereocenters. The fourth-order valence-corrected chi connectivity index (χ4v) is 5.89. The first-order valence-electron chi connectivity index (χ1n) is 13.6. The molecular formula is C29H32N8. The highest BCUT2D eigenvalue weighted by Gasteiger charge is 2.19. The van der Waals surface area contributed by atoms with E-state index < -0.39 is 0 Å². The molecule has 0 aromatic carbocycles. The Morgan fingerprint density at radius 2 is 1.62 bits per heavy atom. The van der Waals surface area contributed by atoms with Gasteiger partial charge in [0.25, 0.3) is 0 Å². The maximum absolute atomic E-state index is 4.75. The molecule has 2 aliphatic heterocycles. The number of anilines is 1. The van der Waals surface area contributed by atoms with Crippen molar-refractivity contribution < 1.29 is 0 Å². The van der Waals surface area contributed by atoms with Gasteiger partial charge in [0.1, 0.15) is 11.5 Å².